The number of hydrogen-bond acceptors (Lipinski definition) is 5. The minimum atomic E-state index is -4.46. The largest absolute Gasteiger partial charge is 0.500 e. The van der Waals surface area contributed by atoms with Crippen LogP contribution >= 0.6 is 0 Å². The average Bonchev–Trinajstić information content (AvgIpc) is 2.72. The summed E-state index contributed by atoms with van der Waals surface area (Å²) >= 11 is 0. The summed E-state index contributed by atoms with van der Waals surface area (Å²) in [5.74, 6) is -0.0962. The van der Waals surface area contributed by atoms with Crippen LogP contribution in [0.25, 0.3) is 5.57 Å². The lowest BCUT2D eigenvalue weighted by molar-refractivity contribution is -0.137. The summed E-state index contributed by atoms with van der Waals surface area (Å²) in [4.78, 5) is 17.7. The van der Waals surface area contributed by atoms with E-state index in [0.717, 1.165) is 12.1 Å². The van der Waals surface area contributed by atoms with E-state index in [4.69, 9.17) is 14.3 Å². The maximum absolute atomic E-state index is 12.9. The number of esters is 1. The molecule has 0 aromatic heterocycles. The van der Waals surface area contributed by atoms with E-state index in [9.17, 15) is 18.0 Å². The normalized spacial score (nSPS) is 12.9. The molecule has 0 saturated carbocycles. The predicted molar refractivity (Wildman–Crippen MR) is 102 cm³/mol. The zero-order chi connectivity index (χ0) is 21.6. The maximum Gasteiger partial charge on any atom is 0.416 e. The number of halogens is 3. The number of allylic oxidation sites excluding steroid dienone is 1. The molecule has 0 radical (unpaired) electrons. The van der Waals surface area contributed by atoms with Crippen LogP contribution in [0.4, 0.5) is 13.2 Å². The Hall–Kier alpha value is -3.29. The molecular weight excluding hydrogens is 387 g/mol. The highest BCUT2D eigenvalue weighted by Crippen LogP contribution is 2.31. The van der Waals surface area contributed by atoms with Crippen molar-refractivity contribution in [1.82, 2.24) is 0 Å². The Labute approximate surface area is 166 Å². The molecule has 2 rings (SSSR count). The summed E-state index contributed by atoms with van der Waals surface area (Å²) in [7, 11) is 2.66. The minimum absolute atomic E-state index is 0.150. The molecule has 8 heteroatoms. The van der Waals surface area contributed by atoms with Gasteiger partial charge in [-0.3, -0.25) is 0 Å². The number of methoxy groups -OCH3 is 2. The fourth-order valence-corrected chi connectivity index (χ4v) is 2.49. The molecule has 0 spiro atoms. The zero-order valence-electron chi connectivity index (χ0n) is 16.3. The number of rotatable bonds is 6. The molecule has 29 heavy (non-hydrogen) atoms. The van der Waals surface area contributed by atoms with Crippen LogP contribution in [-0.2, 0) is 20.4 Å². The lowest BCUT2D eigenvalue weighted by atomic mass is 10.0. The molecule has 0 amide bonds. The van der Waals surface area contributed by atoms with Crippen LogP contribution in [0.5, 0.6) is 5.75 Å². The predicted octanol–water partition coefficient (Wildman–Crippen LogP) is 5.06. The molecule has 2 aromatic rings. The fourth-order valence-electron chi connectivity index (χ4n) is 2.49. The van der Waals surface area contributed by atoms with Crippen LogP contribution in [0.1, 0.15) is 30.5 Å². The van der Waals surface area contributed by atoms with E-state index < -0.39 is 17.7 Å². The third-order valence-corrected chi connectivity index (χ3v) is 4.09. The molecular formula is C21H20F3NO4. The second-order valence-corrected chi connectivity index (χ2v) is 5.97. The summed E-state index contributed by atoms with van der Waals surface area (Å²) in [6.07, 6.45) is -4.46. The van der Waals surface area contributed by atoms with Crippen molar-refractivity contribution in [3.8, 4) is 5.75 Å². The monoisotopic (exact) mass is 407 g/mol. The molecule has 0 heterocycles. The number of benzene rings is 2. The van der Waals surface area contributed by atoms with Crippen LogP contribution in [0.3, 0.4) is 0 Å². The number of ether oxygens (including phenoxy) is 2. The highest BCUT2D eigenvalue weighted by atomic mass is 19.4. The molecule has 2 aromatic carbocycles. The van der Waals surface area contributed by atoms with Crippen molar-refractivity contribution in [2.45, 2.75) is 20.0 Å². The van der Waals surface area contributed by atoms with Gasteiger partial charge in [0.25, 0.3) is 0 Å². The average molecular weight is 407 g/mol. The van der Waals surface area contributed by atoms with Crippen LogP contribution in [0.2, 0.25) is 0 Å². The number of hydrogen-bond donors (Lipinski definition) is 0. The Morgan fingerprint density at radius 3 is 2.28 bits per heavy atom. The first-order valence-corrected chi connectivity index (χ1v) is 8.50. The summed E-state index contributed by atoms with van der Waals surface area (Å²) in [5, 5.41) is 3.93. The van der Waals surface area contributed by atoms with Gasteiger partial charge in [-0.25, -0.2) is 4.79 Å². The minimum Gasteiger partial charge on any atom is -0.500 e. The van der Waals surface area contributed by atoms with E-state index in [1.807, 2.05) is 0 Å². The quantitative estimate of drug-likeness (QED) is 0.221. The lowest BCUT2D eigenvalue weighted by Gasteiger charge is -2.13. The fraction of sp³-hybridized carbons (Fsp3) is 0.238. The van der Waals surface area contributed by atoms with Gasteiger partial charge in [0.05, 0.1) is 25.5 Å². The van der Waals surface area contributed by atoms with E-state index in [2.05, 4.69) is 5.16 Å². The molecule has 5 nitrogen and oxygen atoms in total. The van der Waals surface area contributed by atoms with Crippen LogP contribution in [0, 0.1) is 0 Å². The third kappa shape index (κ3) is 5.37. The zero-order valence-corrected chi connectivity index (χ0v) is 16.3. The van der Waals surface area contributed by atoms with Gasteiger partial charge in [0.2, 0.25) is 0 Å². The standard InChI is InChI=1S/C21H20F3NO4/c1-13(15-8-7-9-16(12-15)21(22,23)24)25-29-18-11-6-5-10-17(18)19(14(2)27-3)20(26)28-4/h5-12H,1-4H3/b19-14-,25-13+. The molecule has 0 N–H and O–H groups in total. The summed E-state index contributed by atoms with van der Waals surface area (Å²) in [5.41, 5.74) is 0.237. The molecule has 0 saturated heterocycles. The summed E-state index contributed by atoms with van der Waals surface area (Å²) in [6.45, 7) is 3.12. The van der Waals surface area contributed by atoms with Crippen molar-refractivity contribution >= 4 is 17.3 Å². The van der Waals surface area contributed by atoms with E-state index in [1.54, 1.807) is 31.2 Å². The van der Waals surface area contributed by atoms with Crippen molar-refractivity contribution in [3.05, 3.63) is 71.0 Å². The van der Waals surface area contributed by atoms with Crippen molar-refractivity contribution in [2.24, 2.45) is 5.16 Å². The number of para-hydroxylation sites is 1. The van der Waals surface area contributed by atoms with Crippen LogP contribution < -0.4 is 4.84 Å². The van der Waals surface area contributed by atoms with Gasteiger partial charge in [0.1, 0.15) is 11.3 Å². The van der Waals surface area contributed by atoms with E-state index in [1.165, 1.54) is 33.3 Å². The summed E-state index contributed by atoms with van der Waals surface area (Å²) < 4.78 is 48.7. The molecule has 0 bridgehead atoms. The van der Waals surface area contributed by atoms with E-state index >= 15 is 0 Å². The van der Waals surface area contributed by atoms with Gasteiger partial charge in [-0.15, -0.1) is 0 Å². The molecule has 0 atom stereocenters. The smallest absolute Gasteiger partial charge is 0.416 e. The maximum atomic E-state index is 12.9. The number of alkyl halides is 3. The first-order valence-electron chi connectivity index (χ1n) is 8.50. The Kier molecular flexibility index (Phi) is 7.03. The van der Waals surface area contributed by atoms with Crippen LogP contribution in [0.15, 0.2) is 59.4 Å². The summed E-state index contributed by atoms with van der Waals surface area (Å²) in [6, 6.07) is 11.3. The first kappa shape index (κ1) is 22.0. The lowest BCUT2D eigenvalue weighted by Crippen LogP contribution is -2.09. The van der Waals surface area contributed by atoms with Gasteiger partial charge >= 0.3 is 12.1 Å². The van der Waals surface area contributed by atoms with E-state index in [-0.39, 0.29) is 22.6 Å². The van der Waals surface area contributed by atoms with Gasteiger partial charge in [-0.2, -0.15) is 13.2 Å². The van der Waals surface area contributed by atoms with Gasteiger partial charge in [0.15, 0.2) is 5.75 Å². The SMILES string of the molecule is COC(=O)/C(=C(/C)OC)c1ccccc1O/N=C(\C)c1cccc(C(F)(F)F)c1. The Morgan fingerprint density at radius 2 is 1.66 bits per heavy atom. The highest BCUT2D eigenvalue weighted by Gasteiger charge is 2.30. The van der Waals surface area contributed by atoms with Crippen molar-refractivity contribution in [1.29, 1.82) is 0 Å². The molecule has 0 aliphatic rings. The second kappa shape index (κ2) is 9.27. The second-order valence-electron chi connectivity index (χ2n) is 5.97. The molecule has 0 aliphatic heterocycles. The van der Waals surface area contributed by atoms with E-state index in [0.29, 0.717) is 11.3 Å². The van der Waals surface area contributed by atoms with Gasteiger partial charge < -0.3 is 14.3 Å². The van der Waals surface area contributed by atoms with Crippen LogP contribution in [-0.4, -0.2) is 25.9 Å². The Balaban J connectivity index is 2.40. The molecule has 154 valence electrons. The Bertz CT molecular complexity index is 949. The van der Waals surface area contributed by atoms with Gasteiger partial charge in [0, 0.05) is 5.56 Å². The number of nitrogens with zero attached hydrogens (tertiary/aromatic N) is 1. The Morgan fingerprint density at radius 1 is 0.966 bits per heavy atom. The molecule has 0 aliphatic carbocycles. The molecule has 0 fully saturated rings. The number of oxime groups is 1. The first-order chi connectivity index (χ1) is 13.7. The third-order valence-electron chi connectivity index (χ3n) is 4.09. The topological polar surface area (TPSA) is 57.1 Å². The molecule has 0 unspecified atom stereocenters. The van der Waals surface area contributed by atoms with Crippen molar-refractivity contribution in [2.75, 3.05) is 14.2 Å². The number of carbonyl (C=O) groups is 1. The van der Waals surface area contributed by atoms with Crippen molar-refractivity contribution in [3.63, 3.8) is 0 Å². The van der Waals surface area contributed by atoms with Crippen molar-refractivity contribution < 1.29 is 32.3 Å². The van der Waals surface area contributed by atoms with Gasteiger partial charge in [-0.1, -0.05) is 35.5 Å². The highest BCUT2D eigenvalue weighted by molar-refractivity contribution is 6.17. The number of carbonyl (C=O) groups excluding carboxylic acids is 1. The van der Waals surface area contributed by atoms with Gasteiger partial charge in [-0.05, 0) is 37.6 Å².